The van der Waals surface area contributed by atoms with Gasteiger partial charge in [-0.25, -0.2) is 22.2 Å². The van der Waals surface area contributed by atoms with Crippen molar-refractivity contribution in [3.05, 3.63) is 47.9 Å². The van der Waals surface area contributed by atoms with Gasteiger partial charge >= 0.3 is 0 Å². The van der Waals surface area contributed by atoms with E-state index in [0.717, 1.165) is 18.2 Å². The lowest BCUT2D eigenvalue weighted by molar-refractivity contribution is -0.146. The molecule has 2 saturated heterocycles. The molecule has 10 nitrogen and oxygen atoms in total. The molecule has 0 bridgehead atoms. The van der Waals surface area contributed by atoms with Gasteiger partial charge in [-0.1, -0.05) is 0 Å². The molecule has 0 radical (unpaired) electrons. The summed E-state index contributed by atoms with van der Waals surface area (Å²) in [5.74, 6) is -1.82. The molecule has 1 aromatic carbocycles. The number of nitrogens with zero attached hydrogens (tertiary/aromatic N) is 3. The van der Waals surface area contributed by atoms with E-state index < -0.39 is 46.0 Å². The number of aliphatic hydroxyl groups is 1. The third-order valence-corrected chi connectivity index (χ3v) is 7.79. The highest BCUT2D eigenvalue weighted by molar-refractivity contribution is 7.89. The molecule has 2 aliphatic heterocycles. The number of hydrogen-bond acceptors (Lipinski definition) is 7. The van der Waals surface area contributed by atoms with E-state index in [1.165, 1.54) is 21.4 Å². The van der Waals surface area contributed by atoms with Crippen molar-refractivity contribution in [2.45, 2.75) is 55.2 Å². The molecule has 2 N–H and O–H groups in total. The number of carbonyl (C=O) groups is 1. The van der Waals surface area contributed by atoms with Crippen molar-refractivity contribution < 1.29 is 36.6 Å². The summed E-state index contributed by atoms with van der Waals surface area (Å²) in [6, 6.07) is 2.43. The van der Waals surface area contributed by atoms with E-state index in [0.29, 0.717) is 18.4 Å². The number of benzene rings is 1. The summed E-state index contributed by atoms with van der Waals surface area (Å²) in [6.07, 6.45) is 1.42. The molecule has 0 unspecified atom stereocenters. The molecule has 1 amide bonds. The van der Waals surface area contributed by atoms with Gasteiger partial charge in [-0.3, -0.25) is 4.79 Å². The van der Waals surface area contributed by atoms with Crippen LogP contribution in [0.5, 0.6) is 0 Å². The van der Waals surface area contributed by atoms with Crippen LogP contribution in [0.25, 0.3) is 0 Å². The minimum absolute atomic E-state index is 0.00334. The van der Waals surface area contributed by atoms with Crippen LogP contribution in [0.2, 0.25) is 0 Å². The number of hydrogen-bond donors (Lipinski definition) is 2. The molecule has 3 heterocycles. The summed E-state index contributed by atoms with van der Waals surface area (Å²) < 4.78 is 67.7. The summed E-state index contributed by atoms with van der Waals surface area (Å²) >= 11 is 0. The van der Waals surface area contributed by atoms with E-state index in [1.54, 1.807) is 7.05 Å². The van der Waals surface area contributed by atoms with E-state index in [2.05, 4.69) is 10.3 Å². The Bertz CT molecular complexity index is 1140. The summed E-state index contributed by atoms with van der Waals surface area (Å²) in [4.78, 5) is 16.4. The molecule has 0 spiro atoms. The second-order valence-corrected chi connectivity index (χ2v) is 10.7. The number of rotatable bonds is 6. The normalized spacial score (nSPS) is 25.9. The maximum absolute atomic E-state index is 13.3. The van der Waals surface area contributed by atoms with Gasteiger partial charge in [-0.15, -0.1) is 0 Å². The largest absolute Gasteiger partial charge is 0.389 e. The van der Waals surface area contributed by atoms with Crippen molar-refractivity contribution in [1.82, 2.24) is 19.2 Å². The van der Waals surface area contributed by atoms with Gasteiger partial charge in [-0.2, -0.15) is 4.31 Å². The summed E-state index contributed by atoms with van der Waals surface area (Å²) in [6.45, 7) is -0.213. The number of aromatic nitrogens is 2. The number of nitrogens with one attached hydrogen (secondary N) is 1. The van der Waals surface area contributed by atoms with Crippen LogP contribution in [0, 0.1) is 11.6 Å². The lowest BCUT2D eigenvalue weighted by Gasteiger charge is -2.43. The molecule has 2 aromatic rings. The number of halogens is 2. The van der Waals surface area contributed by atoms with E-state index in [-0.39, 0.29) is 43.7 Å². The third-order valence-electron chi connectivity index (χ3n) is 6.01. The van der Waals surface area contributed by atoms with Crippen LogP contribution < -0.4 is 5.32 Å². The highest BCUT2D eigenvalue weighted by Crippen LogP contribution is 2.31. The van der Waals surface area contributed by atoms with Crippen LogP contribution in [-0.4, -0.2) is 77.4 Å². The molecule has 13 heteroatoms. The average molecular weight is 515 g/mol. The molecule has 4 rings (SSSR count). The van der Waals surface area contributed by atoms with Gasteiger partial charge < -0.3 is 24.5 Å². The molecule has 2 aliphatic rings. The molecule has 2 fully saturated rings. The fraction of sp³-hybridized carbons (Fsp3) is 0.545. The molecule has 4 atom stereocenters. The predicted octanol–water partition coefficient (Wildman–Crippen LogP) is 0.703. The van der Waals surface area contributed by atoms with Crippen molar-refractivity contribution in [3.63, 3.8) is 0 Å². The molecule has 192 valence electrons. The molecule has 0 aliphatic carbocycles. The van der Waals surface area contributed by atoms with Crippen LogP contribution in [0.4, 0.5) is 8.78 Å². The highest BCUT2D eigenvalue weighted by Gasteiger charge is 2.43. The zero-order valence-electron chi connectivity index (χ0n) is 19.1. The van der Waals surface area contributed by atoms with Gasteiger partial charge in [0.05, 0.1) is 50.3 Å². The Hall–Kier alpha value is -2.45. The van der Waals surface area contributed by atoms with Gasteiger partial charge in [0, 0.05) is 32.4 Å². The van der Waals surface area contributed by atoms with Gasteiger partial charge in [0.2, 0.25) is 5.91 Å². The van der Waals surface area contributed by atoms with E-state index in [1.807, 2.05) is 0 Å². The number of carbonyl (C=O) groups excluding carboxylic acids is 1. The first-order valence-electron chi connectivity index (χ1n) is 11.2. The Morgan fingerprint density at radius 3 is 2.66 bits per heavy atom. The molecule has 0 saturated carbocycles. The third kappa shape index (κ3) is 6.22. The SMILES string of the molecule is Cn1cnc(S(=O)(=O)N2C[C@@H](O)COC[C@@H]3O[C@H](CC(=O)NCc4cc(F)cc(F)c4)CC[C@H]32)c1. The van der Waals surface area contributed by atoms with Gasteiger partial charge in [0.1, 0.15) is 11.6 Å². The Morgan fingerprint density at radius 2 is 1.97 bits per heavy atom. The number of amides is 1. The van der Waals surface area contributed by atoms with Gasteiger partial charge in [0.25, 0.3) is 10.0 Å². The van der Waals surface area contributed by atoms with Crippen molar-refractivity contribution in [1.29, 1.82) is 0 Å². The molecule has 35 heavy (non-hydrogen) atoms. The van der Waals surface area contributed by atoms with Gasteiger partial charge in [-0.05, 0) is 30.5 Å². The minimum Gasteiger partial charge on any atom is -0.389 e. The van der Waals surface area contributed by atoms with Gasteiger partial charge in [0.15, 0.2) is 5.03 Å². The number of aryl methyl sites for hydroxylation is 1. The maximum atomic E-state index is 13.3. The number of sulfonamides is 1. The number of imidazole rings is 1. The lowest BCUT2D eigenvalue weighted by atomic mass is 9.96. The lowest BCUT2D eigenvalue weighted by Crippen LogP contribution is -2.57. The fourth-order valence-electron chi connectivity index (χ4n) is 4.41. The minimum atomic E-state index is -4.01. The van der Waals surface area contributed by atoms with Crippen LogP contribution in [-0.2, 0) is 37.9 Å². The molecular formula is C22H28F2N4O6S. The van der Waals surface area contributed by atoms with Crippen molar-refractivity contribution >= 4 is 15.9 Å². The second kappa shape index (κ2) is 10.7. The number of ether oxygens (including phenoxy) is 2. The predicted molar refractivity (Wildman–Crippen MR) is 118 cm³/mol. The molecular weight excluding hydrogens is 486 g/mol. The summed E-state index contributed by atoms with van der Waals surface area (Å²) in [5.41, 5.74) is 0.294. The first-order chi connectivity index (χ1) is 16.6. The van der Waals surface area contributed by atoms with E-state index in [4.69, 9.17) is 9.47 Å². The topological polar surface area (TPSA) is 123 Å². The standard InChI is InChI=1S/C22H28F2N4O6S/c1-27-10-22(26-13-27)35(31,32)28-9-17(29)11-33-12-20-19(28)3-2-18(34-20)7-21(30)25-8-14-4-15(23)6-16(24)5-14/h4-6,10,13,17-20,29H,2-3,7-9,11-12H2,1H3,(H,25,30)/t17-,18+,19-,20+/m1/s1. The van der Waals surface area contributed by atoms with E-state index in [9.17, 15) is 27.1 Å². The average Bonchev–Trinajstić information content (AvgIpc) is 3.22. The quantitative estimate of drug-likeness (QED) is 0.582. The zero-order chi connectivity index (χ0) is 25.2. The number of aliphatic hydroxyl groups excluding tert-OH is 1. The van der Waals surface area contributed by atoms with Crippen LogP contribution in [0.15, 0.2) is 35.7 Å². The Kier molecular flexibility index (Phi) is 7.81. The first-order valence-corrected chi connectivity index (χ1v) is 12.7. The number of β-amino-alcohol motifs (C(OH)–C–C–N with tert-alkyl or cyclic N) is 1. The van der Waals surface area contributed by atoms with Crippen molar-refractivity contribution in [2.75, 3.05) is 19.8 Å². The summed E-state index contributed by atoms with van der Waals surface area (Å²) in [5, 5.41) is 12.8. The Labute approximate surface area is 201 Å². The Morgan fingerprint density at radius 1 is 1.23 bits per heavy atom. The van der Waals surface area contributed by atoms with Crippen LogP contribution in [0.3, 0.4) is 0 Å². The second-order valence-electron chi connectivity index (χ2n) is 8.84. The summed E-state index contributed by atoms with van der Waals surface area (Å²) in [7, 11) is -2.34. The highest BCUT2D eigenvalue weighted by atomic mass is 32.2. The maximum Gasteiger partial charge on any atom is 0.262 e. The fourth-order valence-corrected chi connectivity index (χ4v) is 6.09. The van der Waals surface area contributed by atoms with Crippen molar-refractivity contribution in [2.24, 2.45) is 7.05 Å². The Balaban J connectivity index is 1.41. The molecule has 1 aromatic heterocycles. The smallest absolute Gasteiger partial charge is 0.262 e. The van der Waals surface area contributed by atoms with Crippen LogP contribution in [0.1, 0.15) is 24.8 Å². The zero-order valence-corrected chi connectivity index (χ0v) is 20.0. The van der Waals surface area contributed by atoms with Crippen molar-refractivity contribution in [3.8, 4) is 0 Å². The van der Waals surface area contributed by atoms with Crippen LogP contribution >= 0.6 is 0 Å². The van der Waals surface area contributed by atoms with E-state index >= 15 is 0 Å². The first kappa shape index (κ1) is 25.6. The monoisotopic (exact) mass is 514 g/mol. The number of fused-ring (bicyclic) bond motifs is 1.